The van der Waals surface area contributed by atoms with Crippen LogP contribution in [0.2, 0.25) is 0 Å². The van der Waals surface area contributed by atoms with Gasteiger partial charge < -0.3 is 19.5 Å². The van der Waals surface area contributed by atoms with E-state index in [0.29, 0.717) is 17.7 Å². The lowest BCUT2D eigenvalue weighted by molar-refractivity contribution is -0.142. The zero-order chi connectivity index (χ0) is 20.5. The summed E-state index contributed by atoms with van der Waals surface area (Å²) in [7, 11) is 1.44. The summed E-state index contributed by atoms with van der Waals surface area (Å²) in [6.45, 7) is 1.62. The second-order valence-corrected chi connectivity index (χ2v) is 6.93. The number of methoxy groups -OCH3 is 1. The predicted molar refractivity (Wildman–Crippen MR) is 107 cm³/mol. The smallest absolute Gasteiger partial charge is 0.302 e. The molecule has 0 radical (unpaired) electrons. The van der Waals surface area contributed by atoms with Crippen molar-refractivity contribution in [3.63, 3.8) is 0 Å². The molecular weight excluding hydrogens is 372 g/mol. The van der Waals surface area contributed by atoms with Crippen molar-refractivity contribution in [1.29, 1.82) is 0 Å². The molecule has 1 amide bonds. The Morgan fingerprint density at radius 1 is 1.28 bits per heavy atom. The minimum atomic E-state index is -0.316. The van der Waals surface area contributed by atoms with Crippen LogP contribution in [-0.4, -0.2) is 41.2 Å². The van der Waals surface area contributed by atoms with Crippen molar-refractivity contribution in [1.82, 2.24) is 4.90 Å². The molecule has 1 N–H and O–H groups in total. The highest BCUT2D eigenvalue weighted by Crippen LogP contribution is 2.39. The van der Waals surface area contributed by atoms with E-state index in [1.54, 1.807) is 11.1 Å². The van der Waals surface area contributed by atoms with Crippen LogP contribution < -0.4 is 4.74 Å². The maximum atomic E-state index is 13.1. The topological polar surface area (TPSA) is 88.4 Å². The summed E-state index contributed by atoms with van der Waals surface area (Å²) in [6, 6.07) is 10.5. The molecule has 0 aliphatic carbocycles. The summed E-state index contributed by atoms with van der Waals surface area (Å²) in [5.41, 5.74) is 3.72. The molecule has 4 rings (SSSR count). The van der Waals surface area contributed by atoms with Gasteiger partial charge in [0.25, 0.3) is 5.91 Å². The Bertz CT molecular complexity index is 1040. The van der Waals surface area contributed by atoms with E-state index in [4.69, 9.17) is 9.47 Å². The predicted octanol–water partition coefficient (Wildman–Crippen LogP) is 3.44. The van der Waals surface area contributed by atoms with Gasteiger partial charge in [0, 0.05) is 31.8 Å². The summed E-state index contributed by atoms with van der Waals surface area (Å²) in [6.07, 6.45) is 4.21. The van der Waals surface area contributed by atoms with Gasteiger partial charge >= 0.3 is 5.97 Å². The molecule has 0 saturated heterocycles. The normalized spacial score (nSPS) is 17.3. The van der Waals surface area contributed by atoms with Crippen LogP contribution in [0.5, 0.6) is 11.5 Å². The van der Waals surface area contributed by atoms with Gasteiger partial charge in [0.05, 0.1) is 24.4 Å². The number of fused-ring (bicyclic) bond motifs is 2. The average Bonchev–Trinajstić information content (AvgIpc) is 3.10. The highest BCUT2D eigenvalue weighted by molar-refractivity contribution is 6.05. The number of rotatable bonds is 4. The van der Waals surface area contributed by atoms with Crippen LogP contribution in [0.1, 0.15) is 34.8 Å². The van der Waals surface area contributed by atoms with Gasteiger partial charge in [-0.3, -0.25) is 14.6 Å². The first-order valence-electron chi connectivity index (χ1n) is 9.17. The summed E-state index contributed by atoms with van der Waals surface area (Å²) >= 11 is 0. The highest BCUT2D eigenvalue weighted by atomic mass is 16.5. The standard InChI is InChI=1S/C22H20N2O5/c1-13(25)29-12-14-3-5-15(6-4-14)16-7-17-10-23-19-9-20(26)21(28-2)8-18(19)22(27)24(17)11-16/h3-6,8-11,17,26H,7,12H2,1-2H3. The van der Waals surface area contributed by atoms with E-state index in [0.717, 1.165) is 16.7 Å². The lowest BCUT2D eigenvalue weighted by Gasteiger charge is -2.18. The first-order valence-corrected chi connectivity index (χ1v) is 9.17. The van der Waals surface area contributed by atoms with Gasteiger partial charge in [-0.2, -0.15) is 0 Å². The fraction of sp³-hybridized carbons (Fsp3) is 0.227. The lowest BCUT2D eigenvalue weighted by Crippen LogP contribution is -2.32. The number of hydrogen-bond acceptors (Lipinski definition) is 6. The molecule has 7 nitrogen and oxygen atoms in total. The summed E-state index contributed by atoms with van der Waals surface area (Å²) in [4.78, 5) is 30.1. The average molecular weight is 392 g/mol. The number of esters is 1. The summed E-state index contributed by atoms with van der Waals surface area (Å²) < 4.78 is 10.1. The SMILES string of the molecule is COc1cc2c(cc1O)N=CC1CC(c3ccc(COC(C)=O)cc3)=CN1C2=O. The van der Waals surface area contributed by atoms with Crippen LogP contribution in [0.3, 0.4) is 0 Å². The Morgan fingerprint density at radius 2 is 2.03 bits per heavy atom. The van der Waals surface area contributed by atoms with Crippen LogP contribution >= 0.6 is 0 Å². The lowest BCUT2D eigenvalue weighted by atomic mass is 10.0. The maximum Gasteiger partial charge on any atom is 0.302 e. The van der Waals surface area contributed by atoms with Gasteiger partial charge in [-0.25, -0.2) is 0 Å². The zero-order valence-electron chi connectivity index (χ0n) is 16.1. The van der Waals surface area contributed by atoms with E-state index < -0.39 is 0 Å². The molecule has 0 bridgehead atoms. The minimum absolute atomic E-state index is 0.0525. The number of carbonyl (C=O) groups excluding carboxylic acids is 2. The van der Waals surface area contributed by atoms with Crippen molar-refractivity contribution in [2.45, 2.75) is 26.0 Å². The second-order valence-electron chi connectivity index (χ2n) is 6.93. The Balaban J connectivity index is 1.59. The molecule has 7 heteroatoms. The Morgan fingerprint density at radius 3 is 2.72 bits per heavy atom. The van der Waals surface area contributed by atoms with Crippen molar-refractivity contribution in [3.05, 3.63) is 59.3 Å². The molecule has 0 fully saturated rings. The second kappa shape index (κ2) is 7.43. The molecule has 2 aliphatic heterocycles. The summed E-state index contributed by atoms with van der Waals surface area (Å²) in [5, 5.41) is 9.97. The molecule has 1 unspecified atom stereocenters. The first kappa shape index (κ1) is 18.7. The van der Waals surface area contributed by atoms with E-state index in [2.05, 4.69) is 4.99 Å². The van der Waals surface area contributed by atoms with Crippen molar-refractivity contribution >= 4 is 29.4 Å². The number of aliphatic imine (C=N–C) groups is 1. The molecule has 0 aromatic heterocycles. The van der Waals surface area contributed by atoms with E-state index >= 15 is 0 Å². The fourth-order valence-corrected chi connectivity index (χ4v) is 3.47. The van der Waals surface area contributed by atoms with Crippen molar-refractivity contribution < 1.29 is 24.2 Å². The number of benzene rings is 2. The number of phenolic OH excluding ortho intramolecular Hbond substituents is 1. The molecule has 2 heterocycles. The third-order valence-corrected chi connectivity index (χ3v) is 5.00. The molecule has 148 valence electrons. The fourth-order valence-electron chi connectivity index (χ4n) is 3.47. The number of hydrogen-bond donors (Lipinski definition) is 1. The molecule has 1 atom stereocenters. The number of phenols is 1. The number of amides is 1. The minimum Gasteiger partial charge on any atom is -0.504 e. The number of carbonyl (C=O) groups is 2. The van der Waals surface area contributed by atoms with Gasteiger partial charge in [0.15, 0.2) is 11.5 Å². The molecule has 0 saturated carbocycles. The van der Waals surface area contributed by atoms with Gasteiger partial charge in [0.2, 0.25) is 0 Å². The largest absolute Gasteiger partial charge is 0.504 e. The first-order chi connectivity index (χ1) is 14.0. The van der Waals surface area contributed by atoms with Crippen LogP contribution in [0.25, 0.3) is 5.57 Å². The van der Waals surface area contributed by atoms with Crippen molar-refractivity contribution in [2.75, 3.05) is 7.11 Å². The van der Waals surface area contributed by atoms with E-state index in [1.807, 2.05) is 30.5 Å². The van der Waals surface area contributed by atoms with Crippen LogP contribution in [0.4, 0.5) is 5.69 Å². The van der Waals surface area contributed by atoms with E-state index in [9.17, 15) is 14.7 Å². The van der Waals surface area contributed by atoms with Gasteiger partial charge in [-0.05, 0) is 22.8 Å². The molecule has 2 aliphatic rings. The van der Waals surface area contributed by atoms with Crippen LogP contribution in [0, 0.1) is 0 Å². The Hall–Kier alpha value is -3.61. The van der Waals surface area contributed by atoms with Crippen molar-refractivity contribution in [2.24, 2.45) is 4.99 Å². The number of aromatic hydroxyl groups is 1. The van der Waals surface area contributed by atoms with Crippen LogP contribution in [-0.2, 0) is 16.1 Å². The van der Waals surface area contributed by atoms with E-state index in [1.165, 1.54) is 26.2 Å². The molecule has 29 heavy (non-hydrogen) atoms. The van der Waals surface area contributed by atoms with Gasteiger partial charge in [-0.15, -0.1) is 0 Å². The maximum absolute atomic E-state index is 13.1. The zero-order valence-corrected chi connectivity index (χ0v) is 16.1. The van der Waals surface area contributed by atoms with Crippen LogP contribution in [0.15, 0.2) is 47.6 Å². The third-order valence-electron chi connectivity index (χ3n) is 5.00. The number of nitrogens with zero attached hydrogens (tertiary/aromatic N) is 2. The molecule has 2 aromatic carbocycles. The Labute approximate surface area is 167 Å². The highest BCUT2D eigenvalue weighted by Gasteiger charge is 2.33. The summed E-state index contributed by atoms with van der Waals surface area (Å²) in [5.74, 6) is -0.327. The van der Waals surface area contributed by atoms with Gasteiger partial charge in [-0.1, -0.05) is 24.3 Å². The molecular formula is C22H20N2O5. The molecule has 2 aromatic rings. The van der Waals surface area contributed by atoms with E-state index in [-0.39, 0.29) is 36.0 Å². The third kappa shape index (κ3) is 3.59. The number of ether oxygens (including phenoxy) is 2. The quantitative estimate of drug-likeness (QED) is 0.806. The van der Waals surface area contributed by atoms with Gasteiger partial charge in [0.1, 0.15) is 6.61 Å². The monoisotopic (exact) mass is 392 g/mol. The molecule has 0 spiro atoms. The Kier molecular flexibility index (Phi) is 4.80. The van der Waals surface area contributed by atoms with Crippen molar-refractivity contribution in [3.8, 4) is 11.5 Å².